The molecule has 2 heterocycles. The summed E-state index contributed by atoms with van der Waals surface area (Å²) in [5, 5.41) is 7.62. The fourth-order valence-electron chi connectivity index (χ4n) is 2.70. The minimum atomic E-state index is -0.652. The number of aromatic nitrogens is 3. The first-order valence-electron chi connectivity index (χ1n) is 8.07. The number of carbonyl (C=O) groups is 2. The van der Waals surface area contributed by atoms with Gasteiger partial charge in [-0.1, -0.05) is 12.1 Å². The van der Waals surface area contributed by atoms with Crippen LogP contribution in [0.1, 0.15) is 5.56 Å². The Morgan fingerprint density at radius 3 is 2.37 bits per heavy atom. The second-order valence-corrected chi connectivity index (χ2v) is 5.66. The van der Waals surface area contributed by atoms with E-state index in [-0.39, 0.29) is 11.3 Å². The zero-order valence-electron chi connectivity index (χ0n) is 15.1. The van der Waals surface area contributed by atoms with E-state index >= 15 is 0 Å². The number of allylic oxidation sites excluding steroid dienone is 2. The van der Waals surface area contributed by atoms with E-state index in [1.165, 1.54) is 20.3 Å². The van der Waals surface area contributed by atoms with Gasteiger partial charge in [-0.3, -0.25) is 4.57 Å². The Kier molecular flexibility index (Phi) is 5.16. The second kappa shape index (κ2) is 7.69. The van der Waals surface area contributed by atoms with E-state index in [2.05, 4.69) is 10.2 Å². The monoisotopic (exact) mass is 366 g/mol. The lowest BCUT2D eigenvalue weighted by atomic mass is 10.1. The zero-order valence-corrected chi connectivity index (χ0v) is 15.1. The SMILES string of the molecule is COC(=O)C1=C(C(=O)OC)N(c2cc(-n3cnnc3)ccc2C)C=CC=C1. The predicted octanol–water partition coefficient (Wildman–Crippen LogP) is 2.07. The summed E-state index contributed by atoms with van der Waals surface area (Å²) >= 11 is 0. The summed E-state index contributed by atoms with van der Waals surface area (Å²) in [4.78, 5) is 26.4. The van der Waals surface area contributed by atoms with E-state index in [4.69, 9.17) is 9.47 Å². The van der Waals surface area contributed by atoms with E-state index < -0.39 is 11.9 Å². The van der Waals surface area contributed by atoms with Gasteiger partial charge in [0.1, 0.15) is 18.4 Å². The predicted molar refractivity (Wildman–Crippen MR) is 97.9 cm³/mol. The lowest BCUT2D eigenvalue weighted by Crippen LogP contribution is -2.27. The highest BCUT2D eigenvalue weighted by molar-refractivity contribution is 6.05. The van der Waals surface area contributed by atoms with Crippen molar-refractivity contribution in [3.63, 3.8) is 0 Å². The first kappa shape index (κ1) is 18.1. The molecule has 3 rings (SSSR count). The zero-order chi connectivity index (χ0) is 19.4. The van der Waals surface area contributed by atoms with Crippen LogP contribution in [0.2, 0.25) is 0 Å². The van der Waals surface area contributed by atoms with Gasteiger partial charge in [0.25, 0.3) is 0 Å². The number of ether oxygens (including phenoxy) is 2. The number of benzene rings is 1. The van der Waals surface area contributed by atoms with Crippen molar-refractivity contribution in [2.75, 3.05) is 19.1 Å². The van der Waals surface area contributed by atoms with Gasteiger partial charge in [-0.25, -0.2) is 9.59 Å². The number of hydrogen-bond donors (Lipinski definition) is 0. The van der Waals surface area contributed by atoms with E-state index in [0.29, 0.717) is 5.69 Å². The van der Waals surface area contributed by atoms with Crippen LogP contribution in [0.3, 0.4) is 0 Å². The van der Waals surface area contributed by atoms with Gasteiger partial charge in [0.05, 0.1) is 31.2 Å². The van der Waals surface area contributed by atoms with Crippen molar-refractivity contribution in [2.24, 2.45) is 0 Å². The molecule has 0 saturated carbocycles. The Hall–Kier alpha value is -3.68. The summed E-state index contributed by atoms with van der Waals surface area (Å²) in [7, 11) is 2.53. The van der Waals surface area contributed by atoms with Crippen LogP contribution in [-0.2, 0) is 19.1 Å². The highest BCUT2D eigenvalue weighted by Crippen LogP contribution is 2.30. The molecule has 0 N–H and O–H groups in total. The molecule has 0 bridgehead atoms. The molecule has 0 aliphatic carbocycles. The van der Waals surface area contributed by atoms with Crippen LogP contribution in [0.4, 0.5) is 5.69 Å². The van der Waals surface area contributed by atoms with Crippen molar-refractivity contribution in [3.8, 4) is 5.69 Å². The molecule has 27 heavy (non-hydrogen) atoms. The molecule has 1 aromatic heterocycles. The number of methoxy groups -OCH3 is 2. The number of anilines is 1. The molecule has 0 atom stereocenters. The molecule has 2 aromatic rings. The van der Waals surface area contributed by atoms with Crippen LogP contribution in [-0.4, -0.2) is 40.9 Å². The summed E-state index contributed by atoms with van der Waals surface area (Å²) in [6.07, 6.45) is 9.75. The molecule has 0 spiro atoms. The van der Waals surface area contributed by atoms with Crippen molar-refractivity contribution in [1.82, 2.24) is 14.8 Å². The maximum absolute atomic E-state index is 12.5. The third-order valence-corrected chi connectivity index (χ3v) is 4.06. The number of rotatable bonds is 4. The number of aryl methyl sites for hydroxylation is 1. The highest BCUT2D eigenvalue weighted by Gasteiger charge is 2.28. The van der Waals surface area contributed by atoms with Gasteiger partial charge >= 0.3 is 11.9 Å². The number of esters is 2. The van der Waals surface area contributed by atoms with Crippen LogP contribution in [0.5, 0.6) is 0 Å². The van der Waals surface area contributed by atoms with E-state index in [0.717, 1.165) is 11.3 Å². The maximum atomic E-state index is 12.5. The standard InChI is InChI=1S/C19H18N4O4/c1-13-7-8-14(22-11-20-21-12-22)10-16(13)23-9-5-4-6-15(18(24)26-2)17(23)19(25)27-3/h4-12H,1-3H3. The van der Waals surface area contributed by atoms with E-state index in [1.54, 1.807) is 40.5 Å². The van der Waals surface area contributed by atoms with Gasteiger partial charge in [0, 0.05) is 6.20 Å². The normalized spacial score (nSPS) is 13.5. The summed E-state index contributed by atoms with van der Waals surface area (Å²) in [5.41, 5.74) is 2.56. The van der Waals surface area contributed by atoms with Gasteiger partial charge in [-0.05, 0) is 36.8 Å². The highest BCUT2D eigenvalue weighted by atomic mass is 16.5. The molecule has 0 saturated heterocycles. The molecule has 0 unspecified atom stereocenters. The Morgan fingerprint density at radius 1 is 1.00 bits per heavy atom. The molecule has 1 aromatic carbocycles. The van der Waals surface area contributed by atoms with Gasteiger partial charge in [0.15, 0.2) is 0 Å². The van der Waals surface area contributed by atoms with Crippen molar-refractivity contribution in [1.29, 1.82) is 0 Å². The summed E-state index contributed by atoms with van der Waals surface area (Å²) in [6.45, 7) is 1.91. The Balaban J connectivity index is 2.20. The minimum absolute atomic E-state index is 0.0679. The third kappa shape index (κ3) is 3.50. The Labute approximate surface area is 156 Å². The topological polar surface area (TPSA) is 86.6 Å². The number of nitrogens with zero attached hydrogens (tertiary/aromatic N) is 4. The molecule has 8 nitrogen and oxygen atoms in total. The largest absolute Gasteiger partial charge is 0.465 e. The molecular weight excluding hydrogens is 348 g/mol. The smallest absolute Gasteiger partial charge is 0.355 e. The van der Waals surface area contributed by atoms with Crippen LogP contribution in [0.15, 0.2) is 66.6 Å². The molecule has 8 heteroatoms. The van der Waals surface area contributed by atoms with Crippen molar-refractivity contribution in [3.05, 3.63) is 72.1 Å². The molecule has 0 fully saturated rings. The Bertz CT molecular complexity index is 958. The number of hydrogen-bond acceptors (Lipinski definition) is 7. The van der Waals surface area contributed by atoms with Gasteiger partial charge in [0.2, 0.25) is 0 Å². The van der Waals surface area contributed by atoms with E-state index in [1.807, 2.05) is 25.1 Å². The number of carbonyl (C=O) groups excluding carboxylic acids is 2. The van der Waals surface area contributed by atoms with Crippen LogP contribution >= 0.6 is 0 Å². The minimum Gasteiger partial charge on any atom is -0.465 e. The summed E-state index contributed by atoms with van der Waals surface area (Å²) < 4.78 is 11.5. The van der Waals surface area contributed by atoms with Crippen molar-refractivity contribution >= 4 is 17.6 Å². The first-order valence-corrected chi connectivity index (χ1v) is 8.07. The quantitative estimate of drug-likeness (QED) is 0.766. The molecule has 0 amide bonds. The van der Waals surface area contributed by atoms with Crippen molar-refractivity contribution < 1.29 is 19.1 Å². The average molecular weight is 366 g/mol. The lowest BCUT2D eigenvalue weighted by Gasteiger charge is -2.25. The fourth-order valence-corrected chi connectivity index (χ4v) is 2.70. The maximum Gasteiger partial charge on any atom is 0.355 e. The van der Waals surface area contributed by atoms with Gasteiger partial charge < -0.3 is 14.4 Å². The average Bonchev–Trinajstić information content (AvgIpc) is 3.13. The van der Waals surface area contributed by atoms with E-state index in [9.17, 15) is 9.59 Å². The molecule has 138 valence electrons. The lowest BCUT2D eigenvalue weighted by molar-refractivity contribution is -0.139. The third-order valence-electron chi connectivity index (χ3n) is 4.06. The fraction of sp³-hybridized carbons (Fsp3) is 0.158. The molecular formula is C19H18N4O4. The van der Waals surface area contributed by atoms with Crippen molar-refractivity contribution in [2.45, 2.75) is 6.92 Å². The van der Waals surface area contributed by atoms with Gasteiger partial charge in [-0.15, -0.1) is 10.2 Å². The molecule has 1 aliphatic rings. The van der Waals surface area contributed by atoms with Gasteiger partial charge in [-0.2, -0.15) is 0 Å². The summed E-state index contributed by atoms with van der Waals surface area (Å²) in [6, 6.07) is 5.68. The van der Waals surface area contributed by atoms with Crippen LogP contribution < -0.4 is 4.90 Å². The first-order chi connectivity index (χ1) is 13.1. The molecule has 0 radical (unpaired) electrons. The second-order valence-electron chi connectivity index (χ2n) is 5.66. The van der Waals surface area contributed by atoms with Crippen LogP contribution in [0.25, 0.3) is 5.69 Å². The van der Waals surface area contributed by atoms with Crippen LogP contribution in [0, 0.1) is 6.92 Å². The Morgan fingerprint density at radius 2 is 1.70 bits per heavy atom. The molecule has 1 aliphatic heterocycles. The summed E-state index contributed by atoms with van der Waals surface area (Å²) in [5.74, 6) is -1.28.